The monoisotopic (exact) mass is 395 g/mol. The second-order valence-electron chi connectivity index (χ2n) is 4.76. The first-order valence-electron chi connectivity index (χ1n) is 6.80. The first-order chi connectivity index (χ1) is 10.1. The normalized spacial score (nSPS) is 10.3. The van der Waals surface area contributed by atoms with Crippen LogP contribution in [0.2, 0.25) is 0 Å². The van der Waals surface area contributed by atoms with E-state index in [1.807, 2.05) is 31.2 Å². The average Bonchev–Trinajstić information content (AvgIpc) is 2.48. The van der Waals surface area contributed by atoms with Gasteiger partial charge >= 0.3 is 0 Å². The van der Waals surface area contributed by atoms with Gasteiger partial charge in [-0.25, -0.2) is 0 Å². The van der Waals surface area contributed by atoms with E-state index in [0.29, 0.717) is 11.3 Å². The van der Waals surface area contributed by atoms with Gasteiger partial charge in [0.15, 0.2) is 0 Å². The third kappa shape index (κ3) is 3.56. The van der Waals surface area contributed by atoms with E-state index in [1.54, 1.807) is 13.2 Å². The zero-order valence-electron chi connectivity index (χ0n) is 12.4. The minimum atomic E-state index is -0.147. The van der Waals surface area contributed by atoms with Crippen molar-refractivity contribution in [1.29, 1.82) is 0 Å². The molecule has 0 aliphatic rings. The molecule has 1 amide bonds. The molecule has 0 spiro atoms. The van der Waals surface area contributed by atoms with Gasteiger partial charge in [0, 0.05) is 9.26 Å². The minimum absolute atomic E-state index is 0.147. The first-order valence-corrected chi connectivity index (χ1v) is 7.88. The van der Waals surface area contributed by atoms with Gasteiger partial charge in [0.1, 0.15) is 5.75 Å². The zero-order valence-corrected chi connectivity index (χ0v) is 14.5. The van der Waals surface area contributed by atoms with Gasteiger partial charge in [0.05, 0.1) is 12.7 Å². The highest BCUT2D eigenvalue weighted by atomic mass is 127. The van der Waals surface area contributed by atoms with Crippen LogP contribution in [0.3, 0.4) is 0 Å². The molecule has 0 saturated heterocycles. The number of benzene rings is 2. The summed E-state index contributed by atoms with van der Waals surface area (Å²) in [7, 11) is 1.58. The Morgan fingerprint density at radius 2 is 2.05 bits per heavy atom. The van der Waals surface area contributed by atoms with Crippen LogP contribution in [-0.4, -0.2) is 13.0 Å². The van der Waals surface area contributed by atoms with Crippen molar-refractivity contribution in [3.05, 3.63) is 56.7 Å². The maximum atomic E-state index is 12.5. The number of para-hydroxylation sites is 1. The molecule has 0 atom stereocenters. The molecule has 2 aromatic carbocycles. The summed E-state index contributed by atoms with van der Waals surface area (Å²) in [6, 6.07) is 11.6. The van der Waals surface area contributed by atoms with E-state index in [4.69, 9.17) is 4.74 Å². The first kappa shape index (κ1) is 15.8. The van der Waals surface area contributed by atoms with E-state index < -0.39 is 0 Å². The predicted molar refractivity (Wildman–Crippen MR) is 94.2 cm³/mol. The lowest BCUT2D eigenvalue weighted by atomic mass is 10.1. The fourth-order valence-electron chi connectivity index (χ4n) is 2.27. The number of hydrogen-bond acceptors (Lipinski definition) is 2. The van der Waals surface area contributed by atoms with Gasteiger partial charge in [-0.05, 0) is 71.3 Å². The molecule has 2 rings (SSSR count). The summed E-state index contributed by atoms with van der Waals surface area (Å²) < 4.78 is 6.51. The van der Waals surface area contributed by atoms with Crippen LogP contribution < -0.4 is 10.1 Å². The molecule has 0 aliphatic heterocycles. The van der Waals surface area contributed by atoms with Crippen molar-refractivity contribution in [2.24, 2.45) is 0 Å². The fourth-order valence-corrected chi connectivity index (χ4v) is 2.82. The van der Waals surface area contributed by atoms with Crippen LogP contribution in [0.25, 0.3) is 0 Å². The molecule has 0 radical (unpaired) electrons. The Labute approximate surface area is 138 Å². The van der Waals surface area contributed by atoms with Crippen LogP contribution >= 0.6 is 22.6 Å². The molecule has 1 N–H and O–H groups in total. The van der Waals surface area contributed by atoms with Gasteiger partial charge in [0.2, 0.25) is 0 Å². The van der Waals surface area contributed by atoms with Crippen LogP contribution in [0.5, 0.6) is 5.75 Å². The zero-order chi connectivity index (χ0) is 15.4. The van der Waals surface area contributed by atoms with Crippen LogP contribution in [0.15, 0.2) is 36.4 Å². The lowest BCUT2D eigenvalue weighted by Crippen LogP contribution is -2.15. The second kappa shape index (κ2) is 6.93. The number of ether oxygens (including phenoxy) is 1. The van der Waals surface area contributed by atoms with E-state index in [1.165, 1.54) is 0 Å². The molecular weight excluding hydrogens is 377 g/mol. The largest absolute Gasteiger partial charge is 0.496 e. The van der Waals surface area contributed by atoms with Crippen molar-refractivity contribution in [3.8, 4) is 5.75 Å². The van der Waals surface area contributed by atoms with Crippen molar-refractivity contribution < 1.29 is 9.53 Å². The highest BCUT2D eigenvalue weighted by Gasteiger charge is 2.15. The highest BCUT2D eigenvalue weighted by Crippen LogP contribution is 2.25. The molecular formula is C17H18INO2. The van der Waals surface area contributed by atoms with Crippen molar-refractivity contribution in [1.82, 2.24) is 0 Å². The number of rotatable bonds is 4. The second-order valence-corrected chi connectivity index (χ2v) is 6.01. The summed E-state index contributed by atoms with van der Waals surface area (Å²) in [5, 5.41) is 2.98. The molecule has 4 heteroatoms. The van der Waals surface area contributed by atoms with Crippen LogP contribution in [0.1, 0.15) is 28.4 Å². The van der Waals surface area contributed by atoms with Gasteiger partial charge in [-0.3, -0.25) is 4.79 Å². The van der Waals surface area contributed by atoms with Crippen molar-refractivity contribution in [3.63, 3.8) is 0 Å². The summed E-state index contributed by atoms with van der Waals surface area (Å²) in [6.07, 6.45) is 0.872. The minimum Gasteiger partial charge on any atom is -0.496 e. The van der Waals surface area contributed by atoms with E-state index >= 15 is 0 Å². The molecule has 0 aromatic heterocycles. The summed E-state index contributed by atoms with van der Waals surface area (Å²) in [5.74, 6) is 0.477. The van der Waals surface area contributed by atoms with Gasteiger partial charge in [-0.1, -0.05) is 19.1 Å². The summed E-state index contributed by atoms with van der Waals surface area (Å²) >= 11 is 2.27. The predicted octanol–water partition coefficient (Wildman–Crippen LogP) is 4.42. The van der Waals surface area contributed by atoms with Crippen molar-refractivity contribution in [2.45, 2.75) is 20.3 Å². The number of anilines is 1. The Morgan fingerprint density at radius 1 is 1.29 bits per heavy atom. The maximum Gasteiger partial charge on any atom is 0.259 e. The SMILES string of the molecule is CCc1cc(I)ccc1NC(=O)c1cccc(C)c1OC. The fraction of sp³-hybridized carbons (Fsp3) is 0.235. The molecule has 0 bridgehead atoms. The number of carbonyl (C=O) groups is 1. The Balaban J connectivity index is 2.33. The van der Waals surface area contributed by atoms with Crippen LogP contribution in [0.4, 0.5) is 5.69 Å². The molecule has 110 valence electrons. The Morgan fingerprint density at radius 3 is 2.71 bits per heavy atom. The number of carbonyl (C=O) groups excluding carboxylic acids is 1. The molecule has 0 unspecified atom stereocenters. The number of methoxy groups -OCH3 is 1. The number of halogens is 1. The van der Waals surface area contributed by atoms with Gasteiger partial charge < -0.3 is 10.1 Å². The Hall–Kier alpha value is -1.56. The van der Waals surface area contributed by atoms with E-state index in [9.17, 15) is 4.79 Å². The maximum absolute atomic E-state index is 12.5. The molecule has 0 saturated carbocycles. The number of nitrogens with one attached hydrogen (secondary N) is 1. The standard InChI is InChI=1S/C17H18INO2/c1-4-12-10-13(18)8-9-15(12)19-17(20)14-7-5-6-11(2)16(14)21-3/h5-10H,4H2,1-3H3,(H,19,20). The molecule has 0 aliphatic carbocycles. The lowest BCUT2D eigenvalue weighted by Gasteiger charge is -2.13. The quantitative estimate of drug-likeness (QED) is 0.779. The molecule has 21 heavy (non-hydrogen) atoms. The Kier molecular flexibility index (Phi) is 5.22. The average molecular weight is 395 g/mol. The topological polar surface area (TPSA) is 38.3 Å². The van der Waals surface area contributed by atoms with Gasteiger partial charge in [-0.2, -0.15) is 0 Å². The Bertz CT molecular complexity index is 668. The number of hydrogen-bond donors (Lipinski definition) is 1. The van der Waals surface area contributed by atoms with E-state index in [2.05, 4.69) is 40.9 Å². The highest BCUT2D eigenvalue weighted by molar-refractivity contribution is 14.1. The number of amides is 1. The van der Waals surface area contributed by atoms with Gasteiger partial charge in [0.25, 0.3) is 5.91 Å². The van der Waals surface area contributed by atoms with Gasteiger partial charge in [-0.15, -0.1) is 0 Å². The summed E-state index contributed by atoms with van der Waals surface area (Å²) in [4.78, 5) is 12.5. The summed E-state index contributed by atoms with van der Waals surface area (Å²) in [5.41, 5.74) is 3.48. The smallest absolute Gasteiger partial charge is 0.259 e. The lowest BCUT2D eigenvalue weighted by molar-refractivity contribution is 0.102. The third-order valence-electron chi connectivity index (χ3n) is 3.36. The third-order valence-corrected chi connectivity index (χ3v) is 4.03. The van der Waals surface area contributed by atoms with E-state index in [0.717, 1.165) is 26.8 Å². The molecule has 3 nitrogen and oxygen atoms in total. The van der Waals surface area contributed by atoms with Crippen molar-refractivity contribution in [2.75, 3.05) is 12.4 Å². The molecule has 0 heterocycles. The van der Waals surface area contributed by atoms with E-state index in [-0.39, 0.29) is 5.91 Å². The summed E-state index contributed by atoms with van der Waals surface area (Å²) in [6.45, 7) is 4.01. The van der Waals surface area contributed by atoms with Crippen molar-refractivity contribution >= 4 is 34.2 Å². The molecule has 0 fully saturated rings. The van der Waals surface area contributed by atoms with Crippen LogP contribution in [0, 0.1) is 10.5 Å². The number of aryl methyl sites for hydroxylation is 2. The molecule has 2 aromatic rings. The van der Waals surface area contributed by atoms with Crippen LogP contribution in [-0.2, 0) is 6.42 Å².